The monoisotopic (exact) mass is 282 g/mol. The summed E-state index contributed by atoms with van der Waals surface area (Å²) >= 11 is 0. The van der Waals surface area contributed by atoms with Crippen molar-refractivity contribution in [2.75, 3.05) is 11.9 Å². The molecule has 0 radical (unpaired) electrons. The Bertz CT molecular complexity index is 669. The van der Waals surface area contributed by atoms with Gasteiger partial charge >= 0.3 is 0 Å². The van der Waals surface area contributed by atoms with Crippen molar-refractivity contribution >= 4 is 5.82 Å². The standard InChI is InChI=1S/C15H18N6/c1-2-3-12(4-6-16)21-9-11(8-20-21)14-13-5-7-17-15(13)19-10-18-14/h8-10,12H,2-5,7H2,1H3,(H,17,18,19)/t12-/m1/s1. The Hall–Kier alpha value is -2.42. The lowest BCUT2D eigenvalue weighted by Crippen LogP contribution is -2.08. The summed E-state index contributed by atoms with van der Waals surface area (Å²) < 4.78 is 1.90. The van der Waals surface area contributed by atoms with E-state index in [0.29, 0.717) is 6.42 Å². The molecule has 1 atom stereocenters. The normalized spacial score (nSPS) is 14.3. The number of hydrogen-bond donors (Lipinski definition) is 1. The van der Waals surface area contributed by atoms with E-state index in [2.05, 4.69) is 33.4 Å². The highest BCUT2D eigenvalue weighted by atomic mass is 15.3. The number of rotatable bonds is 5. The van der Waals surface area contributed by atoms with Crippen molar-refractivity contribution in [2.24, 2.45) is 0 Å². The van der Waals surface area contributed by atoms with Crippen LogP contribution in [0.1, 0.15) is 37.8 Å². The molecule has 108 valence electrons. The SMILES string of the molecule is CCC[C@H](CC#N)n1cc(-c2ncnc3c2CCN3)cn1. The van der Waals surface area contributed by atoms with Gasteiger partial charge in [0.15, 0.2) is 0 Å². The van der Waals surface area contributed by atoms with Gasteiger partial charge in [-0.1, -0.05) is 13.3 Å². The average Bonchev–Trinajstić information content (AvgIpc) is 3.15. The van der Waals surface area contributed by atoms with E-state index in [-0.39, 0.29) is 6.04 Å². The van der Waals surface area contributed by atoms with Gasteiger partial charge in [0.05, 0.1) is 30.4 Å². The number of aromatic nitrogens is 4. The van der Waals surface area contributed by atoms with Crippen molar-refractivity contribution < 1.29 is 0 Å². The lowest BCUT2D eigenvalue weighted by molar-refractivity contribution is 0.428. The van der Waals surface area contributed by atoms with E-state index in [1.165, 1.54) is 0 Å². The molecular weight excluding hydrogens is 264 g/mol. The third kappa shape index (κ3) is 2.59. The van der Waals surface area contributed by atoms with Crippen molar-refractivity contribution in [2.45, 2.75) is 38.6 Å². The third-order valence-corrected chi connectivity index (χ3v) is 3.81. The minimum Gasteiger partial charge on any atom is -0.369 e. The summed E-state index contributed by atoms with van der Waals surface area (Å²) in [5.74, 6) is 0.926. The molecule has 1 aliphatic rings. The zero-order valence-electron chi connectivity index (χ0n) is 12.1. The van der Waals surface area contributed by atoms with E-state index >= 15 is 0 Å². The highest BCUT2D eigenvalue weighted by molar-refractivity contribution is 5.69. The van der Waals surface area contributed by atoms with Crippen LogP contribution in [0.25, 0.3) is 11.3 Å². The fourth-order valence-electron chi connectivity index (χ4n) is 2.78. The first-order chi connectivity index (χ1) is 10.3. The number of anilines is 1. The van der Waals surface area contributed by atoms with Gasteiger partial charge in [0, 0.05) is 23.9 Å². The zero-order valence-corrected chi connectivity index (χ0v) is 12.1. The molecule has 0 aliphatic carbocycles. The molecule has 0 amide bonds. The molecule has 0 spiro atoms. The predicted octanol–water partition coefficient (Wildman–Crippen LogP) is 2.56. The largest absolute Gasteiger partial charge is 0.369 e. The van der Waals surface area contributed by atoms with Gasteiger partial charge in [-0.3, -0.25) is 4.68 Å². The maximum absolute atomic E-state index is 8.96. The molecule has 6 nitrogen and oxygen atoms in total. The molecule has 0 aromatic carbocycles. The molecule has 0 unspecified atom stereocenters. The quantitative estimate of drug-likeness (QED) is 0.911. The van der Waals surface area contributed by atoms with Gasteiger partial charge in [-0.05, 0) is 12.8 Å². The van der Waals surface area contributed by atoms with Crippen LogP contribution < -0.4 is 5.32 Å². The summed E-state index contributed by atoms with van der Waals surface area (Å²) in [6.07, 6.45) is 8.83. The average molecular weight is 282 g/mol. The first-order valence-electron chi connectivity index (χ1n) is 7.32. The molecular formula is C15H18N6. The maximum Gasteiger partial charge on any atom is 0.133 e. The Balaban J connectivity index is 1.92. The van der Waals surface area contributed by atoms with E-state index < -0.39 is 0 Å². The molecule has 2 aromatic heterocycles. The number of nitrogens with one attached hydrogen (secondary N) is 1. The molecule has 1 N–H and O–H groups in total. The minimum absolute atomic E-state index is 0.141. The molecule has 0 fully saturated rings. The van der Waals surface area contributed by atoms with Crippen LogP contribution in [0.5, 0.6) is 0 Å². The van der Waals surface area contributed by atoms with Crippen molar-refractivity contribution in [1.29, 1.82) is 5.26 Å². The number of fused-ring (bicyclic) bond motifs is 1. The second-order valence-corrected chi connectivity index (χ2v) is 5.24. The fourth-order valence-corrected chi connectivity index (χ4v) is 2.78. The van der Waals surface area contributed by atoms with Gasteiger partial charge in [-0.2, -0.15) is 10.4 Å². The highest BCUT2D eigenvalue weighted by Gasteiger charge is 2.19. The Morgan fingerprint density at radius 1 is 1.48 bits per heavy atom. The van der Waals surface area contributed by atoms with Gasteiger partial charge in [-0.25, -0.2) is 9.97 Å². The van der Waals surface area contributed by atoms with Gasteiger partial charge in [0.1, 0.15) is 12.1 Å². The van der Waals surface area contributed by atoms with Gasteiger partial charge in [-0.15, -0.1) is 0 Å². The van der Waals surface area contributed by atoms with Crippen molar-refractivity contribution in [3.63, 3.8) is 0 Å². The molecule has 2 aromatic rings. The van der Waals surface area contributed by atoms with Gasteiger partial charge < -0.3 is 5.32 Å². The third-order valence-electron chi connectivity index (χ3n) is 3.81. The second-order valence-electron chi connectivity index (χ2n) is 5.24. The van der Waals surface area contributed by atoms with Crippen molar-refractivity contribution in [3.8, 4) is 17.3 Å². The molecule has 3 rings (SSSR count). The molecule has 0 saturated heterocycles. The van der Waals surface area contributed by atoms with Crippen LogP contribution in [0.4, 0.5) is 5.82 Å². The Labute approximate surface area is 123 Å². The first-order valence-corrected chi connectivity index (χ1v) is 7.32. The molecule has 21 heavy (non-hydrogen) atoms. The summed E-state index contributed by atoms with van der Waals surface area (Å²) in [7, 11) is 0. The number of hydrogen-bond acceptors (Lipinski definition) is 5. The van der Waals surface area contributed by atoms with E-state index in [9.17, 15) is 0 Å². The predicted molar refractivity (Wildman–Crippen MR) is 79.6 cm³/mol. The van der Waals surface area contributed by atoms with E-state index in [0.717, 1.165) is 48.4 Å². The summed E-state index contributed by atoms with van der Waals surface area (Å²) in [4.78, 5) is 8.67. The lowest BCUT2D eigenvalue weighted by atomic mass is 10.1. The molecule has 0 saturated carbocycles. The van der Waals surface area contributed by atoms with Crippen LogP contribution in [0.3, 0.4) is 0 Å². The lowest BCUT2D eigenvalue weighted by Gasteiger charge is -2.12. The topological polar surface area (TPSA) is 79.4 Å². The fraction of sp³-hybridized carbons (Fsp3) is 0.467. The smallest absolute Gasteiger partial charge is 0.133 e. The van der Waals surface area contributed by atoms with Crippen LogP contribution >= 0.6 is 0 Å². The summed E-state index contributed by atoms with van der Waals surface area (Å²) in [6, 6.07) is 2.39. The zero-order chi connectivity index (χ0) is 14.7. The summed E-state index contributed by atoms with van der Waals surface area (Å²) in [5.41, 5.74) is 3.10. The number of nitriles is 1. The molecule has 3 heterocycles. The van der Waals surface area contributed by atoms with Crippen LogP contribution in [0, 0.1) is 11.3 Å². The Kier molecular flexibility index (Phi) is 3.82. The van der Waals surface area contributed by atoms with Crippen LogP contribution in [0.15, 0.2) is 18.7 Å². The van der Waals surface area contributed by atoms with Crippen LogP contribution in [0.2, 0.25) is 0 Å². The second kappa shape index (κ2) is 5.92. The Morgan fingerprint density at radius 2 is 2.38 bits per heavy atom. The van der Waals surface area contributed by atoms with Crippen molar-refractivity contribution in [3.05, 3.63) is 24.3 Å². The van der Waals surface area contributed by atoms with Gasteiger partial charge in [0.2, 0.25) is 0 Å². The summed E-state index contributed by atoms with van der Waals surface area (Å²) in [6.45, 7) is 3.03. The highest BCUT2D eigenvalue weighted by Crippen LogP contribution is 2.30. The summed E-state index contributed by atoms with van der Waals surface area (Å²) in [5, 5.41) is 16.7. The minimum atomic E-state index is 0.141. The van der Waals surface area contributed by atoms with Crippen LogP contribution in [-0.2, 0) is 6.42 Å². The van der Waals surface area contributed by atoms with E-state index in [4.69, 9.17) is 5.26 Å². The first kappa shape index (κ1) is 13.6. The number of nitrogens with zero attached hydrogens (tertiary/aromatic N) is 5. The van der Waals surface area contributed by atoms with E-state index in [1.54, 1.807) is 6.33 Å². The Morgan fingerprint density at radius 3 is 3.19 bits per heavy atom. The molecule has 6 heteroatoms. The molecule has 0 bridgehead atoms. The molecule has 1 aliphatic heterocycles. The van der Waals surface area contributed by atoms with Crippen LogP contribution in [-0.4, -0.2) is 26.3 Å². The van der Waals surface area contributed by atoms with E-state index in [1.807, 2.05) is 17.1 Å². The maximum atomic E-state index is 8.96. The van der Waals surface area contributed by atoms with Crippen molar-refractivity contribution in [1.82, 2.24) is 19.7 Å². The van der Waals surface area contributed by atoms with Gasteiger partial charge in [0.25, 0.3) is 0 Å².